The third kappa shape index (κ3) is 2.58. The minimum atomic E-state index is 0.554. The van der Waals surface area contributed by atoms with Crippen molar-refractivity contribution in [1.82, 2.24) is 9.80 Å². The molecule has 1 saturated carbocycles. The molecule has 2 aliphatic rings. The Morgan fingerprint density at radius 3 is 2.50 bits per heavy atom. The van der Waals surface area contributed by atoms with Crippen molar-refractivity contribution in [1.29, 1.82) is 0 Å². The fraction of sp³-hybridized carbons (Fsp3) is 1.00. The molecular formula is C13H27N3. The molecular weight excluding hydrogens is 198 g/mol. The van der Waals surface area contributed by atoms with E-state index in [1.165, 1.54) is 45.2 Å². The van der Waals surface area contributed by atoms with E-state index in [-0.39, 0.29) is 0 Å². The van der Waals surface area contributed by atoms with Crippen LogP contribution < -0.4 is 5.73 Å². The smallest absolute Gasteiger partial charge is 0.0345 e. The van der Waals surface area contributed by atoms with Gasteiger partial charge in [0.2, 0.25) is 0 Å². The van der Waals surface area contributed by atoms with Crippen LogP contribution in [0.2, 0.25) is 0 Å². The zero-order valence-corrected chi connectivity index (χ0v) is 10.9. The molecule has 2 rings (SSSR count). The van der Waals surface area contributed by atoms with Crippen molar-refractivity contribution in [2.75, 3.05) is 26.7 Å². The highest BCUT2D eigenvalue weighted by molar-refractivity contribution is 4.87. The summed E-state index contributed by atoms with van der Waals surface area (Å²) in [4.78, 5) is 5.19. The molecule has 0 aromatic rings. The maximum absolute atomic E-state index is 5.92. The summed E-state index contributed by atoms with van der Waals surface area (Å²) >= 11 is 0. The first-order valence-electron chi connectivity index (χ1n) is 6.88. The van der Waals surface area contributed by atoms with Gasteiger partial charge in [-0.1, -0.05) is 12.8 Å². The molecule has 2 N–H and O–H groups in total. The first kappa shape index (κ1) is 12.3. The van der Waals surface area contributed by atoms with Crippen LogP contribution in [0.4, 0.5) is 0 Å². The molecule has 2 atom stereocenters. The van der Waals surface area contributed by atoms with Crippen LogP contribution in [-0.2, 0) is 0 Å². The van der Waals surface area contributed by atoms with E-state index in [1.54, 1.807) is 0 Å². The fourth-order valence-electron chi connectivity index (χ4n) is 3.25. The Bertz CT molecular complexity index is 213. The molecule has 1 saturated heterocycles. The van der Waals surface area contributed by atoms with E-state index in [4.69, 9.17) is 5.73 Å². The lowest BCUT2D eigenvalue weighted by Crippen LogP contribution is -2.47. The summed E-state index contributed by atoms with van der Waals surface area (Å²) in [6.07, 6.45) is 6.98. The predicted octanol–water partition coefficient (Wildman–Crippen LogP) is 1.28. The molecule has 0 aromatic carbocycles. The van der Waals surface area contributed by atoms with Gasteiger partial charge in [-0.2, -0.15) is 0 Å². The normalized spacial score (nSPS) is 35.4. The molecule has 1 aliphatic carbocycles. The summed E-state index contributed by atoms with van der Waals surface area (Å²) in [7, 11) is 2.24. The van der Waals surface area contributed by atoms with Crippen LogP contribution in [0.5, 0.6) is 0 Å². The lowest BCUT2D eigenvalue weighted by molar-refractivity contribution is 0.157. The van der Waals surface area contributed by atoms with Gasteiger partial charge >= 0.3 is 0 Å². The van der Waals surface area contributed by atoms with Gasteiger partial charge in [-0.15, -0.1) is 0 Å². The molecule has 0 spiro atoms. The van der Waals surface area contributed by atoms with Crippen molar-refractivity contribution in [2.24, 2.45) is 5.73 Å². The Balaban J connectivity index is 1.99. The summed E-state index contributed by atoms with van der Waals surface area (Å²) in [6.45, 7) is 5.58. The summed E-state index contributed by atoms with van der Waals surface area (Å²) in [5.41, 5.74) is 5.92. The second kappa shape index (κ2) is 5.48. The highest BCUT2D eigenvalue weighted by atomic mass is 15.3. The van der Waals surface area contributed by atoms with Crippen LogP contribution >= 0.6 is 0 Å². The minimum Gasteiger partial charge on any atom is -0.329 e. The molecule has 2 fully saturated rings. The SMILES string of the molecule is CC1CCN(C2CCCC2)CC(CN)N1C. The van der Waals surface area contributed by atoms with Gasteiger partial charge in [0.1, 0.15) is 0 Å². The average Bonchev–Trinajstić information content (AvgIpc) is 2.77. The molecule has 1 heterocycles. The van der Waals surface area contributed by atoms with E-state index in [1.807, 2.05) is 0 Å². The predicted molar refractivity (Wildman–Crippen MR) is 68.5 cm³/mol. The molecule has 0 aromatic heterocycles. The Kier molecular flexibility index (Phi) is 4.22. The molecule has 94 valence electrons. The van der Waals surface area contributed by atoms with E-state index in [0.29, 0.717) is 12.1 Å². The molecule has 16 heavy (non-hydrogen) atoms. The van der Waals surface area contributed by atoms with E-state index in [0.717, 1.165) is 12.6 Å². The van der Waals surface area contributed by atoms with Gasteiger partial charge in [-0.25, -0.2) is 0 Å². The maximum atomic E-state index is 5.92. The molecule has 0 bridgehead atoms. The van der Waals surface area contributed by atoms with Gasteiger partial charge < -0.3 is 5.73 Å². The van der Waals surface area contributed by atoms with Crippen LogP contribution in [0.15, 0.2) is 0 Å². The number of hydrogen-bond donors (Lipinski definition) is 1. The van der Waals surface area contributed by atoms with Crippen LogP contribution in [-0.4, -0.2) is 54.6 Å². The largest absolute Gasteiger partial charge is 0.329 e. The summed E-state index contributed by atoms with van der Waals surface area (Å²) in [5, 5.41) is 0. The molecule has 0 radical (unpaired) electrons. The first-order valence-corrected chi connectivity index (χ1v) is 6.88. The highest BCUT2D eigenvalue weighted by Crippen LogP contribution is 2.26. The zero-order chi connectivity index (χ0) is 11.5. The number of likely N-dealkylation sites (N-methyl/N-ethyl adjacent to an activating group) is 1. The topological polar surface area (TPSA) is 32.5 Å². The van der Waals surface area contributed by atoms with Gasteiger partial charge in [-0.05, 0) is 39.8 Å². The van der Waals surface area contributed by atoms with E-state index in [9.17, 15) is 0 Å². The van der Waals surface area contributed by atoms with Crippen LogP contribution in [0, 0.1) is 0 Å². The second-order valence-corrected chi connectivity index (χ2v) is 5.63. The summed E-state index contributed by atoms with van der Waals surface area (Å²) in [5.74, 6) is 0. The van der Waals surface area contributed by atoms with Crippen molar-refractivity contribution >= 4 is 0 Å². The molecule has 1 aliphatic heterocycles. The quantitative estimate of drug-likeness (QED) is 0.768. The lowest BCUT2D eigenvalue weighted by Gasteiger charge is -2.32. The second-order valence-electron chi connectivity index (χ2n) is 5.63. The zero-order valence-electron chi connectivity index (χ0n) is 10.9. The highest BCUT2D eigenvalue weighted by Gasteiger charge is 2.30. The summed E-state index contributed by atoms with van der Waals surface area (Å²) < 4.78 is 0. The van der Waals surface area contributed by atoms with Crippen molar-refractivity contribution in [2.45, 2.75) is 57.2 Å². The number of nitrogens with two attached hydrogens (primary N) is 1. The molecule has 3 nitrogen and oxygen atoms in total. The van der Waals surface area contributed by atoms with Crippen molar-refractivity contribution < 1.29 is 0 Å². The average molecular weight is 225 g/mol. The third-order valence-corrected chi connectivity index (χ3v) is 4.66. The van der Waals surface area contributed by atoms with Crippen molar-refractivity contribution in [3.8, 4) is 0 Å². The molecule has 2 unspecified atom stereocenters. The van der Waals surface area contributed by atoms with Gasteiger partial charge in [0.25, 0.3) is 0 Å². The van der Waals surface area contributed by atoms with Crippen LogP contribution in [0.1, 0.15) is 39.0 Å². The summed E-state index contributed by atoms with van der Waals surface area (Å²) in [6, 6.07) is 2.09. The van der Waals surface area contributed by atoms with Crippen molar-refractivity contribution in [3.63, 3.8) is 0 Å². The van der Waals surface area contributed by atoms with E-state index >= 15 is 0 Å². The Hall–Kier alpha value is -0.120. The fourth-order valence-corrected chi connectivity index (χ4v) is 3.25. The lowest BCUT2D eigenvalue weighted by atomic mass is 10.1. The van der Waals surface area contributed by atoms with E-state index < -0.39 is 0 Å². The third-order valence-electron chi connectivity index (χ3n) is 4.66. The van der Waals surface area contributed by atoms with Crippen LogP contribution in [0.25, 0.3) is 0 Å². The monoisotopic (exact) mass is 225 g/mol. The van der Waals surface area contributed by atoms with E-state index in [2.05, 4.69) is 23.8 Å². The maximum Gasteiger partial charge on any atom is 0.0345 e. The van der Waals surface area contributed by atoms with Gasteiger partial charge in [0.05, 0.1) is 0 Å². The number of rotatable bonds is 2. The van der Waals surface area contributed by atoms with Gasteiger partial charge in [-0.3, -0.25) is 9.80 Å². The van der Waals surface area contributed by atoms with Gasteiger partial charge in [0, 0.05) is 31.2 Å². The Morgan fingerprint density at radius 1 is 1.19 bits per heavy atom. The number of hydrogen-bond acceptors (Lipinski definition) is 3. The minimum absolute atomic E-state index is 0.554. The van der Waals surface area contributed by atoms with Gasteiger partial charge in [0.15, 0.2) is 0 Å². The first-order chi connectivity index (χ1) is 7.72. The number of nitrogens with zero attached hydrogens (tertiary/aromatic N) is 2. The Morgan fingerprint density at radius 2 is 1.88 bits per heavy atom. The van der Waals surface area contributed by atoms with Crippen molar-refractivity contribution in [3.05, 3.63) is 0 Å². The molecule has 3 heteroatoms. The van der Waals surface area contributed by atoms with Crippen LogP contribution in [0.3, 0.4) is 0 Å². The standard InChI is InChI=1S/C13H27N3/c1-11-7-8-16(12-5-3-4-6-12)10-13(9-14)15(11)2/h11-13H,3-10,14H2,1-2H3. The molecule has 0 amide bonds. The Labute approximate surface area is 100.0 Å².